The molecule has 1 unspecified atom stereocenters. The van der Waals surface area contributed by atoms with Crippen molar-refractivity contribution in [1.82, 2.24) is 4.98 Å². The molecule has 0 radical (unpaired) electrons. The Morgan fingerprint density at radius 2 is 1.60 bits per heavy atom. The number of nitrogens with zero attached hydrogens (tertiary/aromatic N) is 1. The molecule has 0 saturated carbocycles. The normalized spacial score (nSPS) is 12.5. The number of amides is 1. The van der Waals surface area contributed by atoms with Gasteiger partial charge in [-0.15, -0.1) is 0 Å². The summed E-state index contributed by atoms with van der Waals surface area (Å²) in [6, 6.07) is 29.3. The minimum Gasteiger partial charge on any atom is -0.493 e. The predicted molar refractivity (Wildman–Crippen MR) is 182 cm³/mol. The summed E-state index contributed by atoms with van der Waals surface area (Å²) in [5.74, 6) is -0.229. The van der Waals surface area contributed by atoms with Crippen LogP contribution in [-0.4, -0.2) is 42.0 Å². The van der Waals surface area contributed by atoms with Crippen molar-refractivity contribution in [2.24, 2.45) is 5.41 Å². The van der Waals surface area contributed by atoms with Gasteiger partial charge in [0.15, 0.2) is 11.4 Å². The standard InChI is InChI=1S/C37H38N2O7S/c1-37(2,3)24-45-30-20-16-26(17-21-30)31(23-25-10-12-27(13-11-25)33(40)8-6-22-47(42,43)44)35(41)38-29-18-14-28(15-19-29)36-39-32-7-4-5-9-34(32)46-36/h4-5,7,9-21,31H,6,8,22-24H2,1-3H3,(H,38,41)(H,42,43,44). The van der Waals surface area contributed by atoms with Crippen LogP contribution in [-0.2, 0) is 21.3 Å². The van der Waals surface area contributed by atoms with E-state index in [0.717, 1.165) is 28.0 Å². The highest BCUT2D eigenvalue weighted by atomic mass is 32.2. The van der Waals surface area contributed by atoms with Crippen molar-refractivity contribution >= 4 is 38.6 Å². The molecule has 0 aliphatic rings. The number of carbonyl (C=O) groups is 2. The third-order valence-electron chi connectivity index (χ3n) is 7.49. The van der Waals surface area contributed by atoms with E-state index in [9.17, 15) is 18.0 Å². The Labute approximate surface area is 274 Å². The molecule has 47 heavy (non-hydrogen) atoms. The third kappa shape index (κ3) is 9.60. The van der Waals surface area contributed by atoms with Gasteiger partial charge in [0.25, 0.3) is 10.1 Å². The molecule has 0 fully saturated rings. The zero-order chi connectivity index (χ0) is 33.6. The van der Waals surface area contributed by atoms with Gasteiger partial charge >= 0.3 is 0 Å². The van der Waals surface area contributed by atoms with Crippen molar-refractivity contribution in [3.63, 3.8) is 0 Å². The van der Waals surface area contributed by atoms with Crippen molar-refractivity contribution in [2.75, 3.05) is 17.7 Å². The SMILES string of the molecule is CC(C)(C)COc1ccc(C(Cc2ccc(C(=O)CCCS(=O)(=O)O)cc2)C(=O)Nc2ccc(-c3nc4ccccc4o3)cc2)cc1. The summed E-state index contributed by atoms with van der Waals surface area (Å²) in [4.78, 5) is 30.9. The van der Waals surface area contributed by atoms with E-state index in [-0.39, 0.29) is 29.9 Å². The number of fused-ring (bicyclic) bond motifs is 1. The van der Waals surface area contributed by atoms with E-state index in [1.807, 2.05) is 72.8 Å². The molecule has 0 saturated heterocycles. The van der Waals surface area contributed by atoms with Gasteiger partial charge in [0.2, 0.25) is 11.8 Å². The highest BCUT2D eigenvalue weighted by Gasteiger charge is 2.23. The molecule has 10 heteroatoms. The average molecular weight is 655 g/mol. The van der Waals surface area contributed by atoms with Gasteiger partial charge in [-0.1, -0.05) is 69.3 Å². The van der Waals surface area contributed by atoms with Gasteiger partial charge in [0, 0.05) is 23.2 Å². The van der Waals surface area contributed by atoms with E-state index in [2.05, 4.69) is 31.1 Å². The topological polar surface area (TPSA) is 136 Å². The number of carbonyl (C=O) groups excluding carboxylic acids is 2. The van der Waals surface area contributed by atoms with E-state index >= 15 is 0 Å². The number of anilines is 1. The molecule has 0 aliphatic heterocycles. The summed E-state index contributed by atoms with van der Waals surface area (Å²) in [6.07, 6.45) is 0.401. The van der Waals surface area contributed by atoms with Crippen LogP contribution in [0, 0.1) is 5.41 Å². The molecular weight excluding hydrogens is 616 g/mol. The van der Waals surface area contributed by atoms with E-state index < -0.39 is 21.8 Å². The fraction of sp³-hybridized carbons (Fsp3) is 0.270. The summed E-state index contributed by atoms with van der Waals surface area (Å²) in [6.45, 7) is 6.84. The zero-order valence-corrected chi connectivity index (χ0v) is 27.4. The lowest BCUT2D eigenvalue weighted by Gasteiger charge is -2.20. The number of rotatable bonds is 13. The summed E-state index contributed by atoms with van der Waals surface area (Å²) in [7, 11) is -4.12. The summed E-state index contributed by atoms with van der Waals surface area (Å²) in [5.41, 5.74) is 4.97. The molecule has 5 aromatic rings. The van der Waals surface area contributed by atoms with E-state index in [4.69, 9.17) is 13.7 Å². The van der Waals surface area contributed by atoms with E-state index in [1.165, 1.54) is 0 Å². The first-order valence-electron chi connectivity index (χ1n) is 15.4. The Hall–Kier alpha value is -4.80. The molecule has 0 aliphatic carbocycles. The first kappa shape index (κ1) is 33.6. The van der Waals surface area contributed by atoms with Crippen LogP contribution >= 0.6 is 0 Å². The van der Waals surface area contributed by atoms with Crippen LogP contribution < -0.4 is 10.1 Å². The van der Waals surface area contributed by atoms with Gasteiger partial charge in [-0.25, -0.2) is 4.98 Å². The molecule has 1 heterocycles. The Morgan fingerprint density at radius 1 is 0.915 bits per heavy atom. The number of para-hydroxylation sites is 2. The second-order valence-corrected chi connectivity index (χ2v) is 14.3. The maximum absolute atomic E-state index is 13.8. The molecule has 0 spiro atoms. The van der Waals surface area contributed by atoms with Crippen LogP contribution in [0.25, 0.3) is 22.6 Å². The molecule has 1 aromatic heterocycles. The van der Waals surface area contributed by atoms with Gasteiger partial charge in [-0.3, -0.25) is 14.1 Å². The third-order valence-corrected chi connectivity index (χ3v) is 8.29. The Kier molecular flexibility index (Phi) is 10.2. The lowest BCUT2D eigenvalue weighted by Crippen LogP contribution is -2.23. The maximum Gasteiger partial charge on any atom is 0.264 e. The molecule has 5 rings (SSSR count). The highest BCUT2D eigenvalue weighted by Crippen LogP contribution is 2.29. The monoisotopic (exact) mass is 654 g/mol. The van der Waals surface area contributed by atoms with Crippen LogP contribution in [0.15, 0.2) is 101 Å². The van der Waals surface area contributed by atoms with Crippen LogP contribution in [0.2, 0.25) is 0 Å². The Morgan fingerprint density at radius 3 is 2.23 bits per heavy atom. The molecule has 2 N–H and O–H groups in total. The zero-order valence-electron chi connectivity index (χ0n) is 26.6. The van der Waals surface area contributed by atoms with E-state index in [1.54, 1.807) is 24.3 Å². The summed E-state index contributed by atoms with van der Waals surface area (Å²) in [5, 5.41) is 3.05. The molecule has 1 atom stereocenters. The fourth-order valence-electron chi connectivity index (χ4n) is 5.00. The molecule has 9 nitrogen and oxygen atoms in total. The van der Waals surface area contributed by atoms with Crippen molar-refractivity contribution in [2.45, 2.75) is 46.0 Å². The van der Waals surface area contributed by atoms with E-state index in [0.29, 0.717) is 35.8 Å². The van der Waals surface area contributed by atoms with Gasteiger partial charge in [-0.2, -0.15) is 8.42 Å². The van der Waals surface area contributed by atoms with Gasteiger partial charge < -0.3 is 14.5 Å². The molecule has 0 bridgehead atoms. The number of hydrogen-bond acceptors (Lipinski definition) is 7. The number of nitrogens with one attached hydrogen (secondary N) is 1. The number of ether oxygens (including phenoxy) is 1. The van der Waals surface area contributed by atoms with Crippen molar-refractivity contribution in [3.05, 3.63) is 114 Å². The number of hydrogen-bond donors (Lipinski definition) is 2. The van der Waals surface area contributed by atoms with Crippen LogP contribution in [0.3, 0.4) is 0 Å². The van der Waals surface area contributed by atoms with Crippen LogP contribution in [0.4, 0.5) is 5.69 Å². The number of Topliss-reactive ketones (excluding diaryl/α,β-unsaturated/α-hetero) is 1. The first-order valence-corrected chi connectivity index (χ1v) is 17.0. The van der Waals surface area contributed by atoms with Crippen molar-refractivity contribution in [3.8, 4) is 17.2 Å². The molecule has 4 aromatic carbocycles. The first-order chi connectivity index (χ1) is 22.3. The number of oxazole rings is 1. The number of aromatic nitrogens is 1. The Bertz CT molecular complexity index is 1910. The smallest absolute Gasteiger partial charge is 0.264 e. The molecule has 1 amide bonds. The van der Waals surface area contributed by atoms with Gasteiger partial charge in [-0.05, 0) is 77.9 Å². The quantitative estimate of drug-likeness (QED) is 0.0972. The second kappa shape index (κ2) is 14.3. The summed E-state index contributed by atoms with van der Waals surface area (Å²) < 4.78 is 42.7. The van der Waals surface area contributed by atoms with Gasteiger partial charge in [0.1, 0.15) is 11.3 Å². The summed E-state index contributed by atoms with van der Waals surface area (Å²) >= 11 is 0. The lowest BCUT2D eigenvalue weighted by atomic mass is 9.90. The Balaban J connectivity index is 1.32. The maximum atomic E-state index is 13.8. The fourth-order valence-corrected chi connectivity index (χ4v) is 5.51. The number of benzene rings is 4. The molecular formula is C37H38N2O7S. The predicted octanol–water partition coefficient (Wildman–Crippen LogP) is 7.74. The largest absolute Gasteiger partial charge is 0.493 e. The van der Waals surface area contributed by atoms with Crippen LogP contribution in [0.1, 0.15) is 61.0 Å². The van der Waals surface area contributed by atoms with Crippen molar-refractivity contribution in [1.29, 1.82) is 0 Å². The second-order valence-electron chi connectivity index (χ2n) is 12.7. The minimum absolute atomic E-state index is 0.000995. The van der Waals surface area contributed by atoms with Gasteiger partial charge in [0.05, 0.1) is 18.3 Å². The lowest BCUT2D eigenvalue weighted by molar-refractivity contribution is -0.117. The number of ketones is 1. The van der Waals surface area contributed by atoms with Crippen LogP contribution in [0.5, 0.6) is 5.75 Å². The average Bonchev–Trinajstić information content (AvgIpc) is 3.47. The minimum atomic E-state index is -4.12. The molecule has 244 valence electrons. The highest BCUT2D eigenvalue weighted by molar-refractivity contribution is 7.85. The van der Waals surface area contributed by atoms with Crippen molar-refractivity contribution < 1.29 is 31.7 Å².